The van der Waals surface area contributed by atoms with Gasteiger partial charge in [-0.3, -0.25) is 9.48 Å². The van der Waals surface area contributed by atoms with Crippen LogP contribution in [-0.4, -0.2) is 30.3 Å². The van der Waals surface area contributed by atoms with Crippen LogP contribution in [0.4, 0.5) is 30.2 Å². The van der Waals surface area contributed by atoms with Gasteiger partial charge in [0.05, 0.1) is 35.5 Å². The number of halogens is 3. The van der Waals surface area contributed by atoms with E-state index in [1.54, 1.807) is 52.1 Å². The van der Waals surface area contributed by atoms with Crippen LogP contribution in [0.5, 0.6) is 0 Å². The molecule has 0 radical (unpaired) electrons. The second-order valence-corrected chi connectivity index (χ2v) is 8.46. The molecule has 190 valence electrons. The fraction of sp³-hybridized carbons (Fsp3) is 0.111. The van der Waals surface area contributed by atoms with Gasteiger partial charge in [-0.15, -0.1) is 0 Å². The highest BCUT2D eigenvalue weighted by Gasteiger charge is 2.30. The molecule has 38 heavy (non-hydrogen) atoms. The number of benzene rings is 2. The molecule has 5 aromatic rings. The van der Waals surface area contributed by atoms with E-state index in [2.05, 4.69) is 37.7 Å². The van der Waals surface area contributed by atoms with E-state index in [4.69, 9.17) is 0 Å². The third kappa shape index (κ3) is 5.19. The second kappa shape index (κ2) is 9.74. The molecule has 0 aliphatic heterocycles. The zero-order valence-corrected chi connectivity index (χ0v) is 20.2. The molecular weight excluding hydrogens is 495 g/mol. The molecule has 0 atom stereocenters. The van der Waals surface area contributed by atoms with E-state index >= 15 is 0 Å². The Hall–Kier alpha value is -5.11. The fourth-order valence-corrected chi connectivity index (χ4v) is 3.73. The van der Waals surface area contributed by atoms with Gasteiger partial charge in [-0.05, 0) is 54.8 Å². The molecule has 2 N–H and O–H groups in total. The van der Waals surface area contributed by atoms with E-state index in [0.29, 0.717) is 22.6 Å². The number of carbonyl (C=O) groups is 1. The minimum Gasteiger partial charge on any atom is -0.350 e. The van der Waals surface area contributed by atoms with Crippen LogP contribution >= 0.6 is 0 Å². The predicted octanol–water partition coefficient (Wildman–Crippen LogP) is 5.19. The largest absolute Gasteiger partial charge is 0.416 e. The molecule has 3 heterocycles. The Bertz CT molecular complexity index is 1720. The lowest BCUT2D eigenvalue weighted by molar-refractivity contribution is -0.137. The average molecular weight is 515 g/mol. The lowest BCUT2D eigenvalue weighted by Crippen LogP contribution is -2.14. The average Bonchev–Trinajstić information content (AvgIpc) is 3.50. The summed E-state index contributed by atoms with van der Waals surface area (Å²) in [5, 5.41) is 14.4. The molecule has 0 unspecified atom stereocenters. The topological polar surface area (TPSA) is 89.1 Å². The molecule has 11 heteroatoms. The molecule has 0 saturated carbocycles. The van der Waals surface area contributed by atoms with Crippen molar-refractivity contribution in [1.29, 1.82) is 0 Å². The highest BCUT2D eigenvalue weighted by atomic mass is 19.4. The number of alkyl halides is 3. The maximum atomic E-state index is 13.0. The summed E-state index contributed by atoms with van der Waals surface area (Å²) in [5.41, 5.74) is 3.57. The maximum Gasteiger partial charge on any atom is 0.416 e. The van der Waals surface area contributed by atoms with Crippen molar-refractivity contribution in [3.8, 4) is 11.8 Å². The van der Waals surface area contributed by atoms with Crippen LogP contribution in [0.25, 0.3) is 5.65 Å². The summed E-state index contributed by atoms with van der Waals surface area (Å²) in [6, 6.07) is 11.2. The normalized spacial score (nSPS) is 11.2. The van der Waals surface area contributed by atoms with E-state index < -0.39 is 17.6 Å². The van der Waals surface area contributed by atoms with Gasteiger partial charge in [0.25, 0.3) is 5.91 Å². The molecule has 3 aromatic heterocycles. The summed E-state index contributed by atoms with van der Waals surface area (Å²) in [7, 11) is 1.82. The Labute approximate surface area is 215 Å². The molecule has 2 aromatic carbocycles. The number of fused-ring (bicyclic) bond motifs is 1. The van der Waals surface area contributed by atoms with Crippen molar-refractivity contribution in [3.05, 3.63) is 101 Å². The third-order valence-electron chi connectivity index (χ3n) is 5.66. The highest BCUT2D eigenvalue weighted by molar-refractivity contribution is 6.04. The SMILES string of the molecule is Cc1ccc(NC(=O)c2cccc(C(F)(F)F)c2)cc1C#Cc1cnc2c(Nc3cnn(C)c3)ccnn12. The molecule has 0 aliphatic carbocycles. The summed E-state index contributed by atoms with van der Waals surface area (Å²) < 4.78 is 42.3. The van der Waals surface area contributed by atoms with Crippen molar-refractivity contribution in [2.75, 3.05) is 10.6 Å². The van der Waals surface area contributed by atoms with Crippen molar-refractivity contribution in [2.24, 2.45) is 7.05 Å². The van der Waals surface area contributed by atoms with Gasteiger partial charge in [0.15, 0.2) is 5.65 Å². The number of hydrogen-bond acceptors (Lipinski definition) is 5. The smallest absolute Gasteiger partial charge is 0.350 e. The number of amides is 1. The van der Waals surface area contributed by atoms with Crippen LogP contribution in [0.1, 0.15) is 32.7 Å². The number of rotatable bonds is 4. The second-order valence-electron chi connectivity index (χ2n) is 8.46. The Morgan fingerprint density at radius 1 is 1.00 bits per heavy atom. The van der Waals surface area contributed by atoms with Crippen LogP contribution in [0.15, 0.2) is 73.3 Å². The van der Waals surface area contributed by atoms with Gasteiger partial charge in [0.2, 0.25) is 0 Å². The van der Waals surface area contributed by atoms with Gasteiger partial charge in [0, 0.05) is 30.1 Å². The minimum absolute atomic E-state index is 0.0967. The van der Waals surface area contributed by atoms with Gasteiger partial charge < -0.3 is 10.6 Å². The van der Waals surface area contributed by atoms with Crippen molar-refractivity contribution in [3.63, 3.8) is 0 Å². The number of aromatic nitrogens is 5. The monoisotopic (exact) mass is 515 g/mol. The first-order chi connectivity index (χ1) is 18.2. The molecule has 0 spiro atoms. The van der Waals surface area contributed by atoms with E-state index in [-0.39, 0.29) is 5.56 Å². The van der Waals surface area contributed by atoms with Crippen molar-refractivity contribution in [1.82, 2.24) is 24.4 Å². The molecule has 0 saturated heterocycles. The Morgan fingerprint density at radius 2 is 1.84 bits per heavy atom. The number of imidazole rings is 1. The minimum atomic E-state index is -4.54. The van der Waals surface area contributed by atoms with Gasteiger partial charge in [0.1, 0.15) is 5.69 Å². The van der Waals surface area contributed by atoms with Crippen LogP contribution < -0.4 is 10.6 Å². The van der Waals surface area contributed by atoms with Crippen LogP contribution in [0, 0.1) is 18.8 Å². The van der Waals surface area contributed by atoms with Gasteiger partial charge in [-0.25, -0.2) is 9.50 Å². The number of carbonyl (C=O) groups excluding carboxylic acids is 1. The first kappa shape index (κ1) is 24.6. The number of aryl methyl sites for hydroxylation is 2. The molecular formula is C27H20F3N7O. The Morgan fingerprint density at radius 3 is 2.61 bits per heavy atom. The molecule has 1 amide bonds. The Balaban J connectivity index is 1.38. The van der Waals surface area contributed by atoms with Gasteiger partial charge in [-0.1, -0.05) is 18.1 Å². The van der Waals surface area contributed by atoms with Crippen LogP contribution in [0.3, 0.4) is 0 Å². The van der Waals surface area contributed by atoms with Crippen molar-refractivity contribution >= 4 is 28.6 Å². The zero-order chi connectivity index (χ0) is 26.9. The zero-order valence-electron chi connectivity index (χ0n) is 20.2. The summed E-state index contributed by atoms with van der Waals surface area (Å²) >= 11 is 0. The van der Waals surface area contributed by atoms with E-state index in [9.17, 15) is 18.0 Å². The molecule has 5 rings (SSSR count). The molecule has 0 aliphatic rings. The highest BCUT2D eigenvalue weighted by Crippen LogP contribution is 2.29. The number of nitrogens with one attached hydrogen (secondary N) is 2. The number of nitrogens with zero attached hydrogens (tertiary/aromatic N) is 5. The lowest BCUT2D eigenvalue weighted by atomic mass is 10.1. The first-order valence-electron chi connectivity index (χ1n) is 11.4. The predicted molar refractivity (Wildman–Crippen MR) is 136 cm³/mol. The van der Waals surface area contributed by atoms with E-state index in [1.807, 2.05) is 20.2 Å². The fourth-order valence-electron chi connectivity index (χ4n) is 3.73. The summed E-state index contributed by atoms with van der Waals surface area (Å²) in [4.78, 5) is 17.0. The van der Waals surface area contributed by atoms with E-state index in [0.717, 1.165) is 29.1 Å². The van der Waals surface area contributed by atoms with Crippen LogP contribution in [0.2, 0.25) is 0 Å². The van der Waals surface area contributed by atoms with Gasteiger partial charge in [-0.2, -0.15) is 23.4 Å². The van der Waals surface area contributed by atoms with Crippen LogP contribution in [-0.2, 0) is 13.2 Å². The molecule has 0 bridgehead atoms. The summed E-state index contributed by atoms with van der Waals surface area (Å²) in [6.45, 7) is 1.87. The van der Waals surface area contributed by atoms with Gasteiger partial charge >= 0.3 is 6.18 Å². The first-order valence-corrected chi connectivity index (χ1v) is 11.4. The number of hydrogen-bond donors (Lipinski definition) is 2. The lowest BCUT2D eigenvalue weighted by Gasteiger charge is -2.10. The maximum absolute atomic E-state index is 13.0. The molecule has 8 nitrogen and oxygen atoms in total. The summed E-state index contributed by atoms with van der Waals surface area (Å²) in [6.07, 6.45) is 2.24. The standard InChI is InChI=1S/C27H20F3N7O/c1-17-6-8-21(35-26(38)19-4-3-5-20(12-19)27(28,29)30)13-18(17)7-9-23-15-31-25-24(10-11-32-37(23)25)34-22-14-33-36(2)16-22/h3-6,8,10-16,34H,1-2H3,(H,35,38). The third-order valence-corrected chi connectivity index (χ3v) is 5.66. The summed E-state index contributed by atoms with van der Waals surface area (Å²) in [5.74, 6) is 5.49. The number of anilines is 3. The van der Waals surface area contributed by atoms with Crippen molar-refractivity contribution in [2.45, 2.75) is 13.1 Å². The van der Waals surface area contributed by atoms with E-state index in [1.165, 1.54) is 12.1 Å². The Kier molecular flexibility index (Phi) is 6.30. The van der Waals surface area contributed by atoms with Crippen molar-refractivity contribution < 1.29 is 18.0 Å². The quantitative estimate of drug-likeness (QED) is 0.322. The molecule has 0 fully saturated rings.